The Balaban J connectivity index is 0.00000210. The number of amides is 2. The van der Waals surface area contributed by atoms with Gasteiger partial charge in [-0.25, -0.2) is 0 Å². The Kier molecular flexibility index (Phi) is 6.11. The Hall–Kier alpha value is -1.99. The molecule has 0 radical (unpaired) electrons. The summed E-state index contributed by atoms with van der Waals surface area (Å²) in [5, 5.41) is 0. The highest BCUT2D eigenvalue weighted by Gasteiger charge is 2.30. The first-order valence-corrected chi connectivity index (χ1v) is 9.34. The van der Waals surface area contributed by atoms with Gasteiger partial charge in [-0.1, -0.05) is 6.42 Å². The zero-order chi connectivity index (χ0) is 18.1. The molecule has 7 nitrogen and oxygen atoms in total. The Morgan fingerprint density at radius 3 is 2.44 bits per heavy atom. The van der Waals surface area contributed by atoms with Crippen LogP contribution in [0.5, 0.6) is 11.5 Å². The Bertz CT molecular complexity index is 706. The summed E-state index contributed by atoms with van der Waals surface area (Å²) < 4.78 is 10.6. The molecule has 0 bridgehead atoms. The molecule has 8 heteroatoms. The first kappa shape index (κ1) is 19.8. The molecule has 2 aliphatic heterocycles. The van der Waals surface area contributed by atoms with Crippen molar-refractivity contribution in [3.63, 3.8) is 0 Å². The summed E-state index contributed by atoms with van der Waals surface area (Å²) in [6.07, 6.45) is 3.74. The molecule has 1 aliphatic carbocycles. The maximum atomic E-state index is 12.7. The van der Waals surface area contributed by atoms with Gasteiger partial charge >= 0.3 is 0 Å². The van der Waals surface area contributed by atoms with Crippen LogP contribution in [0.1, 0.15) is 36.0 Å². The molecule has 2 atom stereocenters. The van der Waals surface area contributed by atoms with Crippen molar-refractivity contribution < 1.29 is 19.1 Å². The van der Waals surface area contributed by atoms with Gasteiger partial charge in [0.05, 0.1) is 0 Å². The van der Waals surface area contributed by atoms with Gasteiger partial charge in [0.25, 0.3) is 5.91 Å². The third-order valence-electron chi connectivity index (χ3n) is 5.69. The van der Waals surface area contributed by atoms with E-state index in [0.717, 1.165) is 19.3 Å². The number of ether oxygens (including phenoxy) is 2. The van der Waals surface area contributed by atoms with E-state index in [4.69, 9.17) is 15.2 Å². The number of hydrogen-bond acceptors (Lipinski definition) is 5. The van der Waals surface area contributed by atoms with Crippen molar-refractivity contribution in [3.05, 3.63) is 23.8 Å². The van der Waals surface area contributed by atoms with Crippen molar-refractivity contribution in [1.82, 2.24) is 9.80 Å². The van der Waals surface area contributed by atoms with Crippen LogP contribution in [0.25, 0.3) is 0 Å². The minimum Gasteiger partial charge on any atom is -0.454 e. The number of rotatable bonds is 3. The van der Waals surface area contributed by atoms with Gasteiger partial charge in [-0.15, -0.1) is 12.4 Å². The highest BCUT2D eigenvalue weighted by atomic mass is 35.5. The maximum Gasteiger partial charge on any atom is 0.254 e. The van der Waals surface area contributed by atoms with Crippen molar-refractivity contribution in [2.24, 2.45) is 11.7 Å². The lowest BCUT2D eigenvalue weighted by Gasteiger charge is -2.35. The molecule has 1 saturated carbocycles. The monoisotopic (exact) mass is 395 g/mol. The fraction of sp³-hybridized carbons (Fsp3) is 0.579. The van der Waals surface area contributed by atoms with Crippen LogP contribution in [0.4, 0.5) is 0 Å². The molecule has 0 unspecified atom stereocenters. The van der Waals surface area contributed by atoms with Crippen LogP contribution in [0.2, 0.25) is 0 Å². The number of piperazine rings is 1. The minimum absolute atomic E-state index is 0. The average molecular weight is 396 g/mol. The smallest absolute Gasteiger partial charge is 0.254 e. The van der Waals surface area contributed by atoms with E-state index >= 15 is 0 Å². The fourth-order valence-electron chi connectivity index (χ4n) is 4.04. The number of halogens is 1. The SMILES string of the molecule is Cl.N[C@@H]1CCC[C@H]1CC(=O)N1CCN(C(=O)c2ccc3c(c2)OCO3)CC1. The molecule has 1 saturated heterocycles. The molecule has 3 aliphatic rings. The Labute approximate surface area is 165 Å². The van der Waals surface area contributed by atoms with Crippen LogP contribution in [0.3, 0.4) is 0 Å². The largest absolute Gasteiger partial charge is 0.454 e. The van der Waals surface area contributed by atoms with E-state index in [1.807, 2.05) is 4.90 Å². The highest BCUT2D eigenvalue weighted by Crippen LogP contribution is 2.33. The van der Waals surface area contributed by atoms with Crippen LogP contribution in [-0.2, 0) is 4.79 Å². The summed E-state index contributed by atoms with van der Waals surface area (Å²) in [6.45, 7) is 2.46. The summed E-state index contributed by atoms with van der Waals surface area (Å²) in [4.78, 5) is 28.9. The molecule has 1 aromatic rings. The topological polar surface area (TPSA) is 85.1 Å². The average Bonchev–Trinajstić information content (AvgIpc) is 3.29. The molecule has 0 aromatic heterocycles. The van der Waals surface area contributed by atoms with Gasteiger partial charge in [0.1, 0.15) is 0 Å². The Morgan fingerprint density at radius 2 is 1.74 bits per heavy atom. The van der Waals surface area contributed by atoms with E-state index in [1.54, 1.807) is 23.1 Å². The third-order valence-corrected chi connectivity index (χ3v) is 5.69. The van der Waals surface area contributed by atoms with E-state index in [0.29, 0.717) is 55.6 Å². The van der Waals surface area contributed by atoms with Gasteiger partial charge in [0, 0.05) is 44.2 Å². The molecule has 27 heavy (non-hydrogen) atoms. The van der Waals surface area contributed by atoms with Gasteiger partial charge in [-0.2, -0.15) is 0 Å². The van der Waals surface area contributed by atoms with Gasteiger partial charge < -0.3 is 25.0 Å². The number of nitrogens with zero attached hydrogens (tertiary/aromatic N) is 2. The van der Waals surface area contributed by atoms with E-state index in [2.05, 4.69) is 0 Å². The summed E-state index contributed by atoms with van der Waals surface area (Å²) in [5.41, 5.74) is 6.67. The quantitative estimate of drug-likeness (QED) is 0.840. The van der Waals surface area contributed by atoms with Crippen LogP contribution in [0, 0.1) is 5.92 Å². The van der Waals surface area contributed by atoms with Crippen molar-refractivity contribution in [1.29, 1.82) is 0 Å². The molecule has 2 N–H and O–H groups in total. The predicted molar refractivity (Wildman–Crippen MR) is 102 cm³/mol. The van der Waals surface area contributed by atoms with Crippen molar-refractivity contribution >= 4 is 24.2 Å². The van der Waals surface area contributed by atoms with E-state index in [9.17, 15) is 9.59 Å². The molecule has 2 fully saturated rings. The number of carbonyl (C=O) groups is 2. The van der Waals surface area contributed by atoms with Gasteiger partial charge in [-0.3, -0.25) is 9.59 Å². The van der Waals surface area contributed by atoms with Crippen LogP contribution >= 0.6 is 12.4 Å². The van der Waals surface area contributed by atoms with Gasteiger partial charge in [-0.05, 0) is 37.0 Å². The van der Waals surface area contributed by atoms with Crippen molar-refractivity contribution in [2.75, 3.05) is 33.0 Å². The number of fused-ring (bicyclic) bond motifs is 1. The molecule has 1 aromatic carbocycles. The highest BCUT2D eigenvalue weighted by molar-refractivity contribution is 5.95. The Morgan fingerprint density at radius 1 is 1.04 bits per heavy atom. The zero-order valence-corrected chi connectivity index (χ0v) is 16.1. The maximum absolute atomic E-state index is 12.7. The molecular formula is C19H26ClN3O4. The zero-order valence-electron chi connectivity index (χ0n) is 15.3. The summed E-state index contributed by atoms with van der Waals surface area (Å²) in [7, 11) is 0. The molecule has 148 valence electrons. The number of hydrogen-bond donors (Lipinski definition) is 1. The first-order valence-electron chi connectivity index (χ1n) is 9.34. The molecule has 0 spiro atoms. The molecule has 2 amide bonds. The van der Waals surface area contributed by atoms with Gasteiger partial charge in [0.2, 0.25) is 12.7 Å². The molecular weight excluding hydrogens is 370 g/mol. The number of nitrogens with two attached hydrogens (primary N) is 1. The summed E-state index contributed by atoms with van der Waals surface area (Å²) in [6, 6.07) is 5.41. The van der Waals surface area contributed by atoms with E-state index in [-0.39, 0.29) is 37.1 Å². The second-order valence-corrected chi connectivity index (χ2v) is 7.30. The summed E-state index contributed by atoms with van der Waals surface area (Å²) in [5.74, 6) is 1.73. The minimum atomic E-state index is -0.0341. The van der Waals surface area contributed by atoms with E-state index < -0.39 is 0 Å². The van der Waals surface area contributed by atoms with Crippen molar-refractivity contribution in [3.8, 4) is 11.5 Å². The van der Waals surface area contributed by atoms with Gasteiger partial charge in [0.15, 0.2) is 11.5 Å². The fourth-order valence-corrected chi connectivity index (χ4v) is 4.04. The first-order chi connectivity index (χ1) is 12.6. The number of benzene rings is 1. The second-order valence-electron chi connectivity index (χ2n) is 7.30. The third kappa shape index (κ3) is 4.14. The normalized spacial score (nSPS) is 23.9. The van der Waals surface area contributed by atoms with Crippen LogP contribution in [0.15, 0.2) is 18.2 Å². The van der Waals surface area contributed by atoms with Crippen LogP contribution in [-0.4, -0.2) is 60.6 Å². The van der Waals surface area contributed by atoms with Crippen LogP contribution < -0.4 is 15.2 Å². The molecule has 2 heterocycles. The molecule has 4 rings (SSSR count). The standard InChI is InChI=1S/C19H25N3O4.ClH/c20-15-3-1-2-13(15)11-18(23)21-6-8-22(9-7-21)19(24)14-4-5-16-17(10-14)26-12-25-16;/h4-5,10,13,15H,1-3,6-9,11-12,20H2;1H/t13-,15+;/m0./s1. The number of carbonyl (C=O) groups excluding carboxylic acids is 2. The lowest BCUT2D eigenvalue weighted by atomic mass is 9.99. The van der Waals surface area contributed by atoms with E-state index in [1.165, 1.54) is 0 Å². The predicted octanol–water partition coefficient (Wildman–Crippen LogP) is 1.64. The lowest BCUT2D eigenvalue weighted by molar-refractivity contribution is -0.133. The van der Waals surface area contributed by atoms with Crippen molar-refractivity contribution in [2.45, 2.75) is 31.7 Å². The summed E-state index contributed by atoms with van der Waals surface area (Å²) >= 11 is 0. The second kappa shape index (κ2) is 8.35. The lowest BCUT2D eigenvalue weighted by Crippen LogP contribution is -2.51.